The fourth-order valence-electron chi connectivity index (χ4n) is 1.65. The molecule has 0 bridgehead atoms. The van der Waals surface area contributed by atoms with E-state index in [0.717, 1.165) is 16.5 Å². The number of rotatable bonds is 1. The van der Waals surface area contributed by atoms with Gasteiger partial charge >= 0.3 is 0 Å². The Hall–Kier alpha value is -2.01. The highest BCUT2D eigenvalue weighted by molar-refractivity contribution is 6.04. The number of para-hydroxylation sites is 1. The van der Waals surface area contributed by atoms with Crippen LogP contribution in [0.2, 0.25) is 0 Å². The largest absolute Gasteiger partial charge is 0.370 e. The van der Waals surface area contributed by atoms with E-state index in [9.17, 15) is 4.79 Å². The molecule has 1 aromatic carbocycles. The van der Waals surface area contributed by atoms with Gasteiger partial charge < -0.3 is 16.0 Å². The van der Waals surface area contributed by atoms with Crippen LogP contribution < -0.4 is 11.1 Å². The van der Waals surface area contributed by atoms with E-state index >= 15 is 0 Å². The molecule has 2 rings (SSSR count). The van der Waals surface area contributed by atoms with Crippen molar-refractivity contribution in [1.82, 2.24) is 10.3 Å². The maximum atomic E-state index is 11.8. The zero-order valence-corrected chi connectivity index (χ0v) is 11.0. The van der Waals surface area contributed by atoms with Crippen molar-refractivity contribution < 1.29 is 4.79 Å². The van der Waals surface area contributed by atoms with E-state index in [1.165, 1.54) is 0 Å². The maximum Gasteiger partial charge on any atom is 0.296 e. The number of H-pyrrole nitrogens is 1. The number of fused-ring (bicyclic) bond motifs is 1. The molecule has 6 heteroatoms. The minimum Gasteiger partial charge on any atom is -0.370 e. The van der Waals surface area contributed by atoms with E-state index in [2.05, 4.69) is 15.3 Å². The molecule has 1 aromatic heterocycles. The van der Waals surface area contributed by atoms with Crippen LogP contribution in [0.4, 0.5) is 0 Å². The van der Waals surface area contributed by atoms with Gasteiger partial charge in [-0.3, -0.25) is 4.79 Å². The molecule has 0 radical (unpaired) electrons. The fraction of sp³-hybridized carbons (Fsp3) is 0.167. The minimum atomic E-state index is -0.382. The van der Waals surface area contributed by atoms with Crippen molar-refractivity contribution in [2.24, 2.45) is 10.7 Å². The van der Waals surface area contributed by atoms with Crippen LogP contribution in [-0.4, -0.2) is 23.9 Å². The average Bonchev–Trinajstić information content (AvgIpc) is 2.74. The van der Waals surface area contributed by atoms with Gasteiger partial charge in [0, 0.05) is 18.0 Å². The third-order valence-corrected chi connectivity index (χ3v) is 2.57. The van der Waals surface area contributed by atoms with Crippen LogP contribution in [0, 0.1) is 6.92 Å². The number of hydrogen-bond acceptors (Lipinski definition) is 1. The van der Waals surface area contributed by atoms with Gasteiger partial charge in [-0.25, -0.2) is 0 Å². The van der Waals surface area contributed by atoms with Gasteiger partial charge in [-0.1, -0.05) is 18.2 Å². The van der Waals surface area contributed by atoms with Crippen LogP contribution in [0.15, 0.2) is 29.3 Å². The number of guanidine groups is 1. The lowest BCUT2D eigenvalue weighted by Crippen LogP contribution is -2.28. The highest BCUT2D eigenvalue weighted by Crippen LogP contribution is 2.19. The van der Waals surface area contributed by atoms with E-state index < -0.39 is 0 Å². The van der Waals surface area contributed by atoms with Crippen molar-refractivity contribution in [1.29, 1.82) is 0 Å². The summed E-state index contributed by atoms with van der Waals surface area (Å²) in [5.41, 5.74) is 7.92. The molecule has 96 valence electrons. The highest BCUT2D eigenvalue weighted by atomic mass is 35.5. The predicted molar refractivity (Wildman–Crippen MR) is 75.3 cm³/mol. The average molecular weight is 267 g/mol. The lowest BCUT2D eigenvalue weighted by Gasteiger charge is -1.96. The summed E-state index contributed by atoms with van der Waals surface area (Å²) in [5.74, 6) is -0.280. The first kappa shape index (κ1) is 14.1. The summed E-state index contributed by atoms with van der Waals surface area (Å²) in [6, 6.07) is 7.65. The van der Waals surface area contributed by atoms with Crippen LogP contribution in [0.3, 0.4) is 0 Å². The molecule has 0 atom stereocenters. The molecule has 0 aliphatic rings. The number of aromatic amines is 1. The monoisotopic (exact) mass is 266 g/mol. The number of nitrogens with one attached hydrogen (secondary N) is 2. The number of carbonyl (C=O) groups is 1. The quantitative estimate of drug-likeness (QED) is 0.541. The van der Waals surface area contributed by atoms with Crippen molar-refractivity contribution in [3.63, 3.8) is 0 Å². The zero-order valence-electron chi connectivity index (χ0n) is 10.2. The summed E-state index contributed by atoms with van der Waals surface area (Å²) in [5, 5.41) is 3.60. The highest BCUT2D eigenvalue weighted by Gasteiger charge is 2.09. The molecule has 4 N–H and O–H groups in total. The number of benzene rings is 1. The van der Waals surface area contributed by atoms with Gasteiger partial charge in [0.15, 0.2) is 5.96 Å². The van der Waals surface area contributed by atoms with Crippen molar-refractivity contribution in [2.75, 3.05) is 7.05 Å². The first-order valence-electron chi connectivity index (χ1n) is 5.26. The van der Waals surface area contributed by atoms with E-state index in [-0.39, 0.29) is 24.3 Å². The second kappa shape index (κ2) is 5.55. The summed E-state index contributed by atoms with van der Waals surface area (Å²) in [4.78, 5) is 18.5. The second-order valence-corrected chi connectivity index (χ2v) is 3.77. The fourth-order valence-corrected chi connectivity index (χ4v) is 1.65. The normalized spacial score (nSPS) is 11.1. The maximum absolute atomic E-state index is 11.8. The number of aromatic nitrogens is 1. The molecule has 5 nitrogen and oxygen atoms in total. The Bertz CT molecular complexity index is 603. The summed E-state index contributed by atoms with van der Waals surface area (Å²) in [7, 11) is 1.61. The Kier molecular flexibility index (Phi) is 4.33. The molecule has 1 amide bonds. The zero-order chi connectivity index (χ0) is 12.4. The number of nitrogens with zero attached hydrogens (tertiary/aromatic N) is 1. The van der Waals surface area contributed by atoms with Gasteiger partial charge in [0.1, 0.15) is 5.69 Å². The number of halogens is 1. The van der Waals surface area contributed by atoms with E-state index in [1.54, 1.807) is 13.1 Å². The first-order valence-corrected chi connectivity index (χ1v) is 5.26. The van der Waals surface area contributed by atoms with Crippen LogP contribution in [0.25, 0.3) is 10.9 Å². The molecule has 1 heterocycles. The molecule has 0 saturated heterocycles. The molecule has 0 spiro atoms. The van der Waals surface area contributed by atoms with Crippen molar-refractivity contribution in [3.8, 4) is 0 Å². The summed E-state index contributed by atoms with van der Waals surface area (Å²) in [6.07, 6.45) is 0. The molecule has 0 fully saturated rings. The van der Waals surface area contributed by atoms with Gasteiger partial charge in [-0.05, 0) is 18.6 Å². The first-order chi connectivity index (χ1) is 8.11. The number of carbonyl (C=O) groups excluding carboxylic acids is 1. The summed E-state index contributed by atoms with van der Waals surface area (Å²) >= 11 is 0. The third kappa shape index (κ3) is 2.62. The molecule has 0 saturated carbocycles. The number of aryl methyl sites for hydroxylation is 1. The Morgan fingerprint density at radius 1 is 1.44 bits per heavy atom. The SMILES string of the molecule is CNC(N)=NC(=O)c1cc2cccc(C)c2[nH]1.Cl. The van der Waals surface area contributed by atoms with Crippen LogP contribution in [-0.2, 0) is 0 Å². The molecule has 0 aliphatic carbocycles. The minimum absolute atomic E-state index is 0. The Balaban J connectivity index is 0.00000162. The summed E-state index contributed by atoms with van der Waals surface area (Å²) < 4.78 is 0. The molecule has 0 aliphatic heterocycles. The number of aliphatic imine (C=N–C) groups is 1. The smallest absolute Gasteiger partial charge is 0.296 e. The molecule has 18 heavy (non-hydrogen) atoms. The van der Waals surface area contributed by atoms with Gasteiger partial charge in [0.25, 0.3) is 5.91 Å². The molecular formula is C12H15ClN4O. The van der Waals surface area contributed by atoms with Crippen molar-refractivity contribution in [2.45, 2.75) is 6.92 Å². The number of nitrogens with two attached hydrogens (primary N) is 1. The number of amides is 1. The molecular weight excluding hydrogens is 252 g/mol. The summed E-state index contributed by atoms with van der Waals surface area (Å²) in [6.45, 7) is 1.98. The lowest BCUT2D eigenvalue weighted by molar-refractivity contribution is 0.0998. The Morgan fingerprint density at radius 2 is 2.17 bits per heavy atom. The Morgan fingerprint density at radius 3 is 2.78 bits per heavy atom. The van der Waals surface area contributed by atoms with Crippen LogP contribution in [0.1, 0.15) is 16.1 Å². The van der Waals surface area contributed by atoms with Crippen molar-refractivity contribution in [3.05, 3.63) is 35.5 Å². The Labute approximate surface area is 111 Å². The van der Waals surface area contributed by atoms with E-state index in [4.69, 9.17) is 5.73 Å². The lowest BCUT2D eigenvalue weighted by atomic mass is 10.2. The predicted octanol–water partition coefficient (Wildman–Crippen LogP) is 1.57. The van der Waals surface area contributed by atoms with Crippen molar-refractivity contribution >= 4 is 35.2 Å². The van der Waals surface area contributed by atoms with Crippen LogP contribution in [0.5, 0.6) is 0 Å². The molecule has 2 aromatic rings. The van der Waals surface area contributed by atoms with Gasteiger partial charge in [0.05, 0.1) is 0 Å². The third-order valence-electron chi connectivity index (χ3n) is 2.57. The van der Waals surface area contributed by atoms with Gasteiger partial charge in [0.2, 0.25) is 0 Å². The topological polar surface area (TPSA) is 83.3 Å². The molecule has 0 unspecified atom stereocenters. The number of hydrogen-bond donors (Lipinski definition) is 3. The van der Waals surface area contributed by atoms with Gasteiger partial charge in [-0.2, -0.15) is 4.99 Å². The van der Waals surface area contributed by atoms with Gasteiger partial charge in [-0.15, -0.1) is 12.4 Å². The van der Waals surface area contributed by atoms with Crippen LogP contribution >= 0.6 is 12.4 Å². The standard InChI is InChI=1S/C12H14N4O.ClH/c1-7-4-3-5-8-6-9(15-10(7)8)11(17)16-12(13)14-2;/h3-6,15H,1-2H3,(H3,13,14,16,17);1H. The second-order valence-electron chi connectivity index (χ2n) is 3.77. The van der Waals surface area contributed by atoms with E-state index in [1.807, 2.05) is 25.1 Å². The van der Waals surface area contributed by atoms with E-state index in [0.29, 0.717) is 5.69 Å².